The Morgan fingerprint density at radius 2 is 2.27 bits per heavy atom. The van der Waals surface area contributed by atoms with Crippen LogP contribution in [0.1, 0.15) is 19.3 Å². The van der Waals surface area contributed by atoms with Gasteiger partial charge < -0.3 is 5.32 Å². The van der Waals surface area contributed by atoms with E-state index < -0.39 is 0 Å². The van der Waals surface area contributed by atoms with Crippen molar-refractivity contribution in [1.82, 2.24) is 5.32 Å². The summed E-state index contributed by atoms with van der Waals surface area (Å²) in [5.41, 5.74) is 0. The van der Waals surface area contributed by atoms with Crippen molar-refractivity contribution >= 4 is 23.5 Å². The summed E-state index contributed by atoms with van der Waals surface area (Å²) < 4.78 is 0. The topological polar surface area (TPSA) is 35.8 Å². The number of nitriles is 1. The number of nitrogens with one attached hydrogen (secondary N) is 1. The molecule has 2 fully saturated rings. The van der Waals surface area contributed by atoms with Crippen LogP contribution in [0.3, 0.4) is 0 Å². The zero-order valence-electron chi connectivity index (χ0n) is 8.95. The summed E-state index contributed by atoms with van der Waals surface area (Å²) in [6.07, 6.45) is 3.52. The smallest absolute Gasteiger partial charge is 0.0672 e. The molecule has 15 heavy (non-hydrogen) atoms. The van der Waals surface area contributed by atoms with E-state index in [1.807, 2.05) is 0 Å². The van der Waals surface area contributed by atoms with Crippen LogP contribution in [-0.4, -0.2) is 35.1 Å². The van der Waals surface area contributed by atoms with Gasteiger partial charge in [0.1, 0.15) is 0 Å². The molecule has 0 aromatic rings. The molecule has 4 heteroatoms. The third-order valence-electron chi connectivity index (χ3n) is 3.17. The van der Waals surface area contributed by atoms with E-state index in [2.05, 4.69) is 34.9 Å². The third kappa shape index (κ3) is 3.30. The average Bonchev–Trinajstić information content (AvgIpc) is 2.75. The van der Waals surface area contributed by atoms with E-state index in [-0.39, 0.29) is 5.92 Å². The number of hydrogen-bond acceptors (Lipinski definition) is 4. The summed E-state index contributed by atoms with van der Waals surface area (Å²) in [6.45, 7) is 1.10. The van der Waals surface area contributed by atoms with Gasteiger partial charge in [0.2, 0.25) is 0 Å². The lowest BCUT2D eigenvalue weighted by atomic mass is 10.1. The van der Waals surface area contributed by atoms with Crippen LogP contribution in [0.2, 0.25) is 0 Å². The van der Waals surface area contributed by atoms with Crippen LogP contribution in [0.25, 0.3) is 0 Å². The van der Waals surface area contributed by atoms with Gasteiger partial charge in [0, 0.05) is 35.1 Å². The highest BCUT2D eigenvalue weighted by molar-refractivity contribution is 8.06. The minimum Gasteiger partial charge on any atom is -0.312 e. The first-order chi connectivity index (χ1) is 7.40. The van der Waals surface area contributed by atoms with Crippen molar-refractivity contribution in [3.63, 3.8) is 0 Å². The van der Waals surface area contributed by atoms with Gasteiger partial charge in [-0.05, 0) is 12.8 Å². The molecular weight excluding hydrogens is 224 g/mol. The molecule has 84 valence electrons. The molecule has 3 unspecified atom stereocenters. The predicted octanol–water partition coefficient (Wildman–Crippen LogP) is 2.12. The van der Waals surface area contributed by atoms with Crippen LogP contribution in [0, 0.1) is 17.2 Å². The Balaban J connectivity index is 1.70. The van der Waals surface area contributed by atoms with Gasteiger partial charge >= 0.3 is 0 Å². The lowest BCUT2D eigenvalue weighted by Gasteiger charge is -2.24. The largest absolute Gasteiger partial charge is 0.312 e. The van der Waals surface area contributed by atoms with Crippen molar-refractivity contribution in [3.8, 4) is 6.07 Å². The molecule has 0 aromatic carbocycles. The van der Waals surface area contributed by atoms with Crippen LogP contribution in [0.4, 0.5) is 0 Å². The number of thioether (sulfide) groups is 2. The van der Waals surface area contributed by atoms with Crippen molar-refractivity contribution in [2.75, 3.05) is 23.8 Å². The highest BCUT2D eigenvalue weighted by Gasteiger charge is 2.27. The molecule has 2 aliphatic rings. The molecule has 0 aromatic heterocycles. The molecule has 0 amide bonds. The Bertz CT molecular complexity index is 233. The molecule has 1 aliphatic carbocycles. The van der Waals surface area contributed by atoms with Crippen LogP contribution in [0.5, 0.6) is 0 Å². The maximum absolute atomic E-state index is 8.97. The number of nitrogens with zero attached hydrogens (tertiary/aromatic N) is 1. The third-order valence-corrected chi connectivity index (χ3v) is 6.02. The SMILES string of the molecule is N#CC1CCCC1NCC1CSCCS1. The summed E-state index contributed by atoms with van der Waals surface area (Å²) in [4.78, 5) is 0. The molecule has 1 saturated heterocycles. The second-order valence-electron chi connectivity index (χ2n) is 4.25. The van der Waals surface area contributed by atoms with Crippen LogP contribution in [-0.2, 0) is 0 Å². The standard InChI is InChI=1S/C11H18N2S2/c12-6-9-2-1-3-11(9)13-7-10-8-14-4-5-15-10/h9-11,13H,1-5,7-8H2. The quantitative estimate of drug-likeness (QED) is 0.822. The number of rotatable bonds is 3. The van der Waals surface area contributed by atoms with Crippen molar-refractivity contribution in [1.29, 1.82) is 5.26 Å². The van der Waals surface area contributed by atoms with Crippen LogP contribution < -0.4 is 5.32 Å². The Labute approximate surface area is 101 Å². The van der Waals surface area contributed by atoms with Gasteiger partial charge in [-0.1, -0.05) is 6.42 Å². The first kappa shape index (κ1) is 11.6. The Morgan fingerprint density at radius 3 is 3.00 bits per heavy atom. The van der Waals surface area contributed by atoms with E-state index in [0.29, 0.717) is 6.04 Å². The fourth-order valence-electron chi connectivity index (χ4n) is 2.30. The normalized spacial score (nSPS) is 36.3. The average molecular weight is 242 g/mol. The van der Waals surface area contributed by atoms with E-state index in [0.717, 1.165) is 18.2 Å². The Hall–Kier alpha value is 0.150. The van der Waals surface area contributed by atoms with Gasteiger partial charge in [0.25, 0.3) is 0 Å². The molecule has 1 N–H and O–H groups in total. The summed E-state index contributed by atoms with van der Waals surface area (Å²) in [6, 6.07) is 2.90. The second-order valence-corrected chi connectivity index (χ2v) is 6.81. The molecular formula is C11H18N2S2. The number of hydrogen-bond donors (Lipinski definition) is 1. The van der Waals surface area contributed by atoms with Crippen molar-refractivity contribution in [2.24, 2.45) is 5.92 Å². The molecule has 1 aliphatic heterocycles. The second kappa shape index (κ2) is 6.03. The minimum atomic E-state index is 0.270. The predicted molar refractivity (Wildman–Crippen MR) is 68.3 cm³/mol. The molecule has 0 bridgehead atoms. The van der Waals surface area contributed by atoms with Gasteiger partial charge in [-0.25, -0.2) is 0 Å². The summed E-state index contributed by atoms with van der Waals surface area (Å²) >= 11 is 4.16. The molecule has 3 atom stereocenters. The van der Waals surface area contributed by atoms with E-state index >= 15 is 0 Å². The van der Waals surface area contributed by atoms with E-state index in [4.69, 9.17) is 5.26 Å². The lowest BCUT2D eigenvalue weighted by molar-refractivity contribution is 0.469. The zero-order chi connectivity index (χ0) is 10.5. The van der Waals surface area contributed by atoms with Gasteiger partial charge in [0.15, 0.2) is 0 Å². The molecule has 1 saturated carbocycles. The minimum absolute atomic E-state index is 0.270. The summed E-state index contributed by atoms with van der Waals surface area (Å²) in [7, 11) is 0. The summed E-state index contributed by atoms with van der Waals surface area (Å²) in [5.74, 6) is 4.15. The van der Waals surface area contributed by atoms with E-state index in [9.17, 15) is 0 Å². The summed E-state index contributed by atoms with van der Waals surface area (Å²) in [5, 5.41) is 13.3. The van der Waals surface area contributed by atoms with Gasteiger partial charge in [0.05, 0.1) is 12.0 Å². The Morgan fingerprint density at radius 1 is 1.33 bits per heavy atom. The molecule has 0 spiro atoms. The van der Waals surface area contributed by atoms with E-state index in [1.165, 1.54) is 30.1 Å². The van der Waals surface area contributed by atoms with Gasteiger partial charge in [-0.3, -0.25) is 0 Å². The maximum atomic E-state index is 8.97. The van der Waals surface area contributed by atoms with Gasteiger partial charge in [-0.15, -0.1) is 0 Å². The van der Waals surface area contributed by atoms with Crippen LogP contribution >= 0.6 is 23.5 Å². The lowest BCUT2D eigenvalue weighted by Crippen LogP contribution is -2.38. The Kier molecular flexibility index (Phi) is 4.67. The molecule has 1 heterocycles. The highest BCUT2D eigenvalue weighted by atomic mass is 32.2. The fourth-order valence-corrected chi connectivity index (χ4v) is 4.92. The van der Waals surface area contributed by atoms with Crippen molar-refractivity contribution < 1.29 is 0 Å². The van der Waals surface area contributed by atoms with E-state index in [1.54, 1.807) is 0 Å². The first-order valence-corrected chi connectivity index (χ1v) is 7.93. The molecule has 0 radical (unpaired) electrons. The maximum Gasteiger partial charge on any atom is 0.0672 e. The zero-order valence-corrected chi connectivity index (χ0v) is 10.6. The van der Waals surface area contributed by atoms with Crippen molar-refractivity contribution in [2.45, 2.75) is 30.6 Å². The fraction of sp³-hybridized carbons (Fsp3) is 0.909. The first-order valence-electron chi connectivity index (χ1n) is 5.72. The monoisotopic (exact) mass is 242 g/mol. The highest BCUT2D eigenvalue weighted by Crippen LogP contribution is 2.27. The van der Waals surface area contributed by atoms with Crippen molar-refractivity contribution in [3.05, 3.63) is 0 Å². The molecule has 2 nitrogen and oxygen atoms in total. The van der Waals surface area contributed by atoms with Crippen LogP contribution in [0.15, 0.2) is 0 Å². The van der Waals surface area contributed by atoms with Gasteiger partial charge in [-0.2, -0.15) is 28.8 Å². The molecule has 2 rings (SSSR count).